The molecule has 0 aliphatic heterocycles. The van der Waals surface area contributed by atoms with E-state index < -0.39 is 0 Å². The van der Waals surface area contributed by atoms with Crippen LogP contribution >= 0.6 is 0 Å². The van der Waals surface area contributed by atoms with E-state index in [1.807, 2.05) is 32.3 Å². The SMILES string of the molecule is CC(=O)Cc1nc2ccc(-c3cn(C)nc3-c3ccc(F)cc3)nn2c1C. The van der Waals surface area contributed by atoms with Crippen LogP contribution in [0.25, 0.3) is 28.2 Å². The normalized spacial score (nSPS) is 11.3. The molecule has 3 heterocycles. The summed E-state index contributed by atoms with van der Waals surface area (Å²) in [6.45, 7) is 3.45. The van der Waals surface area contributed by atoms with Gasteiger partial charge in [-0.05, 0) is 50.2 Å². The molecule has 27 heavy (non-hydrogen) atoms. The zero-order chi connectivity index (χ0) is 19.1. The largest absolute Gasteiger partial charge is 0.300 e. The molecule has 0 spiro atoms. The second-order valence-corrected chi connectivity index (χ2v) is 6.58. The van der Waals surface area contributed by atoms with Gasteiger partial charge in [0.1, 0.15) is 17.3 Å². The quantitative estimate of drug-likeness (QED) is 0.558. The molecule has 0 N–H and O–H groups in total. The summed E-state index contributed by atoms with van der Waals surface area (Å²) in [6, 6.07) is 9.99. The minimum Gasteiger partial charge on any atom is -0.300 e. The number of benzene rings is 1. The first kappa shape index (κ1) is 17.1. The number of aryl methyl sites for hydroxylation is 2. The van der Waals surface area contributed by atoms with Crippen LogP contribution in [0.15, 0.2) is 42.6 Å². The van der Waals surface area contributed by atoms with Crippen molar-refractivity contribution in [2.75, 3.05) is 0 Å². The molecule has 136 valence electrons. The maximum absolute atomic E-state index is 13.3. The minimum absolute atomic E-state index is 0.0626. The molecule has 0 aliphatic carbocycles. The van der Waals surface area contributed by atoms with E-state index in [9.17, 15) is 9.18 Å². The Kier molecular flexibility index (Phi) is 4.07. The van der Waals surface area contributed by atoms with Crippen LogP contribution in [0.2, 0.25) is 0 Å². The zero-order valence-corrected chi connectivity index (χ0v) is 15.3. The van der Waals surface area contributed by atoms with Gasteiger partial charge in [-0.1, -0.05) is 0 Å². The molecule has 0 saturated heterocycles. The molecule has 4 aromatic rings. The van der Waals surface area contributed by atoms with E-state index in [-0.39, 0.29) is 18.0 Å². The molecule has 0 bridgehead atoms. The van der Waals surface area contributed by atoms with Gasteiger partial charge in [-0.25, -0.2) is 13.9 Å². The van der Waals surface area contributed by atoms with Crippen molar-refractivity contribution in [3.8, 4) is 22.5 Å². The van der Waals surface area contributed by atoms with Gasteiger partial charge in [0.2, 0.25) is 0 Å². The molecule has 0 aliphatic rings. The maximum Gasteiger partial charge on any atom is 0.154 e. The van der Waals surface area contributed by atoms with Crippen LogP contribution in [0.3, 0.4) is 0 Å². The fraction of sp³-hybridized carbons (Fsp3) is 0.200. The summed E-state index contributed by atoms with van der Waals surface area (Å²) in [5.41, 5.74) is 5.38. The lowest BCUT2D eigenvalue weighted by molar-refractivity contribution is -0.116. The third kappa shape index (κ3) is 3.12. The monoisotopic (exact) mass is 363 g/mol. The average molecular weight is 363 g/mol. The standard InChI is InChI=1S/C20H18FN5O/c1-12(27)10-18-13(2)26-19(22-18)9-8-17(23-26)16-11-25(3)24-20(16)14-4-6-15(21)7-5-14/h4-9,11H,10H2,1-3H3. The van der Waals surface area contributed by atoms with Crippen molar-refractivity contribution in [3.63, 3.8) is 0 Å². The van der Waals surface area contributed by atoms with Gasteiger partial charge >= 0.3 is 0 Å². The van der Waals surface area contributed by atoms with Crippen molar-refractivity contribution in [1.82, 2.24) is 24.4 Å². The summed E-state index contributed by atoms with van der Waals surface area (Å²) in [7, 11) is 1.84. The smallest absolute Gasteiger partial charge is 0.154 e. The molecule has 0 radical (unpaired) electrons. The van der Waals surface area contributed by atoms with Gasteiger partial charge < -0.3 is 0 Å². The first-order chi connectivity index (χ1) is 12.9. The molecule has 0 unspecified atom stereocenters. The number of fused-ring (bicyclic) bond motifs is 1. The van der Waals surface area contributed by atoms with Crippen molar-refractivity contribution < 1.29 is 9.18 Å². The minimum atomic E-state index is -0.289. The lowest BCUT2D eigenvalue weighted by Crippen LogP contribution is -2.00. The third-order valence-corrected chi connectivity index (χ3v) is 4.44. The second kappa shape index (κ2) is 6.42. The number of ketones is 1. The van der Waals surface area contributed by atoms with Crippen LogP contribution in [0.5, 0.6) is 0 Å². The predicted octanol–water partition coefficient (Wildman–Crippen LogP) is 3.38. The molecule has 0 fully saturated rings. The fourth-order valence-electron chi connectivity index (χ4n) is 3.13. The van der Waals surface area contributed by atoms with Crippen molar-refractivity contribution in [1.29, 1.82) is 0 Å². The molecular formula is C20H18FN5O. The van der Waals surface area contributed by atoms with Crippen molar-refractivity contribution in [2.24, 2.45) is 7.05 Å². The molecule has 7 heteroatoms. The van der Waals surface area contributed by atoms with Crippen LogP contribution in [0.1, 0.15) is 18.3 Å². The van der Waals surface area contributed by atoms with Crippen molar-refractivity contribution in [2.45, 2.75) is 20.3 Å². The number of halogens is 1. The van der Waals surface area contributed by atoms with Crippen molar-refractivity contribution >= 4 is 11.4 Å². The zero-order valence-electron chi connectivity index (χ0n) is 15.3. The highest BCUT2D eigenvalue weighted by Gasteiger charge is 2.16. The highest BCUT2D eigenvalue weighted by atomic mass is 19.1. The molecular weight excluding hydrogens is 345 g/mol. The molecule has 3 aromatic heterocycles. The van der Waals surface area contributed by atoms with Crippen LogP contribution in [-0.4, -0.2) is 30.2 Å². The Morgan fingerprint density at radius 1 is 1.11 bits per heavy atom. The number of nitrogens with zero attached hydrogens (tertiary/aromatic N) is 5. The Morgan fingerprint density at radius 3 is 2.56 bits per heavy atom. The Bertz CT molecular complexity index is 1160. The Labute approximate surface area is 155 Å². The highest BCUT2D eigenvalue weighted by Crippen LogP contribution is 2.30. The van der Waals surface area contributed by atoms with Gasteiger partial charge in [0, 0.05) is 24.4 Å². The van der Waals surface area contributed by atoms with E-state index in [0.29, 0.717) is 5.65 Å². The van der Waals surface area contributed by atoms with E-state index in [1.54, 1.807) is 28.3 Å². The molecule has 1 aromatic carbocycles. The number of hydrogen-bond donors (Lipinski definition) is 0. The van der Waals surface area contributed by atoms with Gasteiger partial charge in [0.25, 0.3) is 0 Å². The summed E-state index contributed by atoms with van der Waals surface area (Å²) in [5.74, 6) is -0.226. The van der Waals surface area contributed by atoms with Gasteiger partial charge in [-0.3, -0.25) is 9.48 Å². The summed E-state index contributed by atoms with van der Waals surface area (Å²) in [6.07, 6.45) is 2.17. The van der Waals surface area contributed by atoms with E-state index in [1.165, 1.54) is 12.1 Å². The van der Waals surface area contributed by atoms with E-state index in [4.69, 9.17) is 5.10 Å². The molecule has 0 saturated carbocycles. The van der Waals surface area contributed by atoms with Crippen LogP contribution in [0.4, 0.5) is 4.39 Å². The number of hydrogen-bond acceptors (Lipinski definition) is 4. The van der Waals surface area contributed by atoms with E-state index in [2.05, 4.69) is 10.1 Å². The molecule has 6 nitrogen and oxygen atoms in total. The number of carbonyl (C=O) groups excluding carboxylic acids is 1. The molecule has 4 rings (SSSR count). The van der Waals surface area contributed by atoms with Crippen molar-refractivity contribution in [3.05, 3.63) is 59.8 Å². The fourth-order valence-corrected chi connectivity index (χ4v) is 3.13. The molecule has 0 atom stereocenters. The van der Waals surface area contributed by atoms with E-state index in [0.717, 1.165) is 33.9 Å². The molecule has 0 amide bonds. The summed E-state index contributed by atoms with van der Waals surface area (Å²) < 4.78 is 16.7. The number of imidazole rings is 1. The Hall–Kier alpha value is -3.35. The predicted molar refractivity (Wildman–Crippen MR) is 99.7 cm³/mol. The summed E-state index contributed by atoms with van der Waals surface area (Å²) >= 11 is 0. The van der Waals surface area contributed by atoms with Gasteiger partial charge in [0.05, 0.1) is 23.5 Å². The highest BCUT2D eigenvalue weighted by molar-refractivity contribution is 5.79. The summed E-state index contributed by atoms with van der Waals surface area (Å²) in [5, 5.41) is 9.22. The van der Waals surface area contributed by atoms with Crippen LogP contribution < -0.4 is 0 Å². The van der Waals surface area contributed by atoms with Gasteiger partial charge in [-0.15, -0.1) is 0 Å². The van der Waals surface area contributed by atoms with Gasteiger partial charge in [0.15, 0.2) is 5.65 Å². The third-order valence-electron chi connectivity index (χ3n) is 4.44. The van der Waals surface area contributed by atoms with E-state index >= 15 is 0 Å². The number of carbonyl (C=O) groups is 1. The summed E-state index contributed by atoms with van der Waals surface area (Å²) in [4.78, 5) is 16.0. The Morgan fingerprint density at radius 2 is 1.85 bits per heavy atom. The average Bonchev–Trinajstić information content (AvgIpc) is 3.16. The maximum atomic E-state index is 13.3. The number of Topliss-reactive ketones (excluding diaryl/α,β-unsaturated/α-hetero) is 1. The van der Waals surface area contributed by atoms with Crippen LogP contribution in [0, 0.1) is 12.7 Å². The topological polar surface area (TPSA) is 65.1 Å². The second-order valence-electron chi connectivity index (χ2n) is 6.58. The Balaban J connectivity index is 1.84. The lowest BCUT2D eigenvalue weighted by atomic mass is 10.1. The van der Waals surface area contributed by atoms with Crippen LogP contribution in [-0.2, 0) is 18.3 Å². The van der Waals surface area contributed by atoms with Gasteiger partial charge in [-0.2, -0.15) is 10.2 Å². The number of aromatic nitrogens is 5. The first-order valence-corrected chi connectivity index (χ1v) is 8.57. The lowest BCUT2D eigenvalue weighted by Gasteiger charge is -2.04. The first-order valence-electron chi connectivity index (χ1n) is 8.57. The number of rotatable bonds is 4.